The summed E-state index contributed by atoms with van der Waals surface area (Å²) in [5, 5.41) is 0. The van der Waals surface area contributed by atoms with Gasteiger partial charge in [0.2, 0.25) is 0 Å². The molecule has 0 amide bonds. The quantitative estimate of drug-likeness (QED) is 0.774. The SMILES string of the molecule is O=CCCc1cccc(C(F)(F)F)c1Br. The summed E-state index contributed by atoms with van der Waals surface area (Å²) < 4.78 is 37.4. The van der Waals surface area contributed by atoms with Crippen LogP contribution in [0.2, 0.25) is 0 Å². The Morgan fingerprint density at radius 2 is 2.00 bits per heavy atom. The van der Waals surface area contributed by atoms with E-state index in [0.717, 1.165) is 6.07 Å². The molecule has 82 valence electrons. The highest BCUT2D eigenvalue weighted by molar-refractivity contribution is 9.10. The van der Waals surface area contributed by atoms with E-state index in [1.165, 1.54) is 6.07 Å². The molecule has 0 radical (unpaired) electrons. The Bertz CT molecular complexity index is 360. The highest BCUT2D eigenvalue weighted by Gasteiger charge is 2.33. The number of carbonyl (C=O) groups is 1. The van der Waals surface area contributed by atoms with Crippen LogP contribution in [0.15, 0.2) is 22.7 Å². The van der Waals surface area contributed by atoms with Crippen molar-refractivity contribution >= 4 is 22.2 Å². The smallest absolute Gasteiger partial charge is 0.303 e. The Kier molecular flexibility index (Phi) is 3.90. The highest BCUT2D eigenvalue weighted by Crippen LogP contribution is 2.36. The van der Waals surface area contributed by atoms with Crippen molar-refractivity contribution in [2.24, 2.45) is 0 Å². The topological polar surface area (TPSA) is 17.1 Å². The Labute approximate surface area is 93.4 Å². The monoisotopic (exact) mass is 280 g/mol. The van der Waals surface area contributed by atoms with Crippen molar-refractivity contribution in [1.29, 1.82) is 0 Å². The van der Waals surface area contributed by atoms with Crippen molar-refractivity contribution in [2.75, 3.05) is 0 Å². The van der Waals surface area contributed by atoms with Crippen LogP contribution in [-0.4, -0.2) is 6.29 Å². The second-order valence-corrected chi connectivity index (χ2v) is 3.77. The molecule has 0 bridgehead atoms. The van der Waals surface area contributed by atoms with Crippen molar-refractivity contribution in [3.63, 3.8) is 0 Å². The number of carbonyl (C=O) groups excluding carboxylic acids is 1. The van der Waals surface area contributed by atoms with Crippen LogP contribution in [0.1, 0.15) is 17.5 Å². The number of halogens is 4. The summed E-state index contributed by atoms with van der Waals surface area (Å²) in [6.07, 6.45) is -3.14. The van der Waals surface area contributed by atoms with Crippen LogP contribution in [0.5, 0.6) is 0 Å². The molecule has 1 aromatic carbocycles. The Morgan fingerprint density at radius 3 is 2.53 bits per heavy atom. The van der Waals surface area contributed by atoms with Gasteiger partial charge in [0.15, 0.2) is 0 Å². The number of benzene rings is 1. The predicted octanol–water partition coefficient (Wildman–Crippen LogP) is 3.60. The van der Waals surface area contributed by atoms with E-state index < -0.39 is 11.7 Å². The molecular formula is C10H8BrF3O. The molecule has 0 unspecified atom stereocenters. The average molecular weight is 281 g/mol. The second-order valence-electron chi connectivity index (χ2n) is 2.98. The van der Waals surface area contributed by atoms with Gasteiger partial charge in [0.1, 0.15) is 6.29 Å². The fourth-order valence-electron chi connectivity index (χ4n) is 1.21. The summed E-state index contributed by atoms with van der Waals surface area (Å²) in [5.74, 6) is 0. The lowest BCUT2D eigenvalue weighted by Gasteiger charge is -2.11. The molecule has 1 nitrogen and oxygen atoms in total. The molecule has 0 aliphatic carbocycles. The van der Waals surface area contributed by atoms with E-state index in [1.807, 2.05) is 0 Å². The predicted molar refractivity (Wildman–Crippen MR) is 53.5 cm³/mol. The van der Waals surface area contributed by atoms with Crippen molar-refractivity contribution in [3.05, 3.63) is 33.8 Å². The van der Waals surface area contributed by atoms with E-state index in [1.54, 1.807) is 6.07 Å². The zero-order valence-corrected chi connectivity index (χ0v) is 9.23. The summed E-state index contributed by atoms with van der Waals surface area (Å²) in [5.41, 5.74) is -0.206. The van der Waals surface area contributed by atoms with Gasteiger partial charge in [-0.25, -0.2) is 0 Å². The maximum absolute atomic E-state index is 12.5. The van der Waals surface area contributed by atoms with Crippen molar-refractivity contribution in [3.8, 4) is 0 Å². The van der Waals surface area contributed by atoms with Gasteiger partial charge in [-0.15, -0.1) is 0 Å². The fourth-order valence-corrected chi connectivity index (χ4v) is 1.89. The highest BCUT2D eigenvalue weighted by atomic mass is 79.9. The molecular weight excluding hydrogens is 273 g/mol. The summed E-state index contributed by atoms with van der Waals surface area (Å²) in [4.78, 5) is 10.1. The number of hydrogen-bond donors (Lipinski definition) is 0. The Morgan fingerprint density at radius 1 is 1.33 bits per heavy atom. The van der Waals surface area contributed by atoms with E-state index in [2.05, 4.69) is 15.9 Å². The largest absolute Gasteiger partial charge is 0.417 e. The lowest BCUT2D eigenvalue weighted by atomic mass is 10.1. The lowest BCUT2D eigenvalue weighted by molar-refractivity contribution is -0.138. The van der Waals surface area contributed by atoms with Crippen LogP contribution in [0.3, 0.4) is 0 Å². The van der Waals surface area contributed by atoms with Gasteiger partial charge in [-0.1, -0.05) is 12.1 Å². The number of rotatable bonds is 3. The number of alkyl halides is 3. The number of aryl methyl sites for hydroxylation is 1. The van der Waals surface area contributed by atoms with Crippen LogP contribution in [0.25, 0.3) is 0 Å². The van der Waals surface area contributed by atoms with Gasteiger partial charge in [-0.05, 0) is 34.0 Å². The number of aldehydes is 1. The van der Waals surface area contributed by atoms with Gasteiger partial charge in [-0.3, -0.25) is 0 Å². The molecule has 15 heavy (non-hydrogen) atoms. The number of hydrogen-bond acceptors (Lipinski definition) is 1. The van der Waals surface area contributed by atoms with E-state index in [0.29, 0.717) is 18.3 Å². The third kappa shape index (κ3) is 3.06. The van der Waals surface area contributed by atoms with Gasteiger partial charge < -0.3 is 4.79 Å². The average Bonchev–Trinajstić information content (AvgIpc) is 2.14. The van der Waals surface area contributed by atoms with Crippen molar-refractivity contribution < 1.29 is 18.0 Å². The standard InChI is InChI=1S/C10H8BrF3O/c11-9-7(4-2-6-15)3-1-5-8(9)10(12,13)14/h1,3,5-6H,2,4H2. The van der Waals surface area contributed by atoms with E-state index in [-0.39, 0.29) is 10.9 Å². The van der Waals surface area contributed by atoms with Crippen LogP contribution in [0.4, 0.5) is 13.2 Å². The van der Waals surface area contributed by atoms with Gasteiger partial charge in [0, 0.05) is 10.9 Å². The summed E-state index contributed by atoms with van der Waals surface area (Å²) in [7, 11) is 0. The molecule has 0 aromatic heterocycles. The van der Waals surface area contributed by atoms with E-state index in [9.17, 15) is 18.0 Å². The molecule has 0 aliphatic rings. The molecule has 0 aliphatic heterocycles. The molecule has 0 atom stereocenters. The van der Waals surface area contributed by atoms with Crippen LogP contribution < -0.4 is 0 Å². The summed E-state index contributed by atoms with van der Waals surface area (Å²) >= 11 is 2.91. The maximum Gasteiger partial charge on any atom is 0.417 e. The second kappa shape index (κ2) is 4.79. The summed E-state index contributed by atoms with van der Waals surface area (Å²) in [6.45, 7) is 0. The minimum Gasteiger partial charge on any atom is -0.303 e. The first kappa shape index (κ1) is 12.2. The van der Waals surface area contributed by atoms with Crippen molar-refractivity contribution in [2.45, 2.75) is 19.0 Å². The molecule has 0 saturated carbocycles. The third-order valence-corrected chi connectivity index (χ3v) is 2.85. The van der Waals surface area contributed by atoms with Crippen LogP contribution in [0, 0.1) is 0 Å². The Balaban J connectivity index is 3.06. The molecule has 0 fully saturated rings. The first-order valence-electron chi connectivity index (χ1n) is 4.25. The zero-order chi connectivity index (χ0) is 11.5. The van der Waals surface area contributed by atoms with Crippen LogP contribution >= 0.6 is 15.9 Å². The van der Waals surface area contributed by atoms with E-state index >= 15 is 0 Å². The minimum absolute atomic E-state index is 0.0272. The third-order valence-electron chi connectivity index (χ3n) is 1.92. The molecule has 1 aromatic rings. The van der Waals surface area contributed by atoms with Gasteiger partial charge in [0.05, 0.1) is 5.56 Å². The Hall–Kier alpha value is -0.840. The fraction of sp³-hybridized carbons (Fsp3) is 0.300. The minimum atomic E-state index is -4.37. The normalized spacial score (nSPS) is 11.5. The van der Waals surface area contributed by atoms with Gasteiger partial charge >= 0.3 is 6.18 Å². The molecule has 0 N–H and O–H groups in total. The summed E-state index contributed by atoms with van der Waals surface area (Å²) in [6, 6.07) is 3.92. The lowest BCUT2D eigenvalue weighted by Crippen LogP contribution is -2.07. The maximum atomic E-state index is 12.5. The van der Waals surface area contributed by atoms with Gasteiger partial charge in [-0.2, -0.15) is 13.2 Å². The van der Waals surface area contributed by atoms with Crippen molar-refractivity contribution in [1.82, 2.24) is 0 Å². The van der Waals surface area contributed by atoms with E-state index in [4.69, 9.17) is 0 Å². The zero-order valence-electron chi connectivity index (χ0n) is 7.64. The van der Waals surface area contributed by atoms with Gasteiger partial charge in [0.25, 0.3) is 0 Å². The molecule has 0 saturated heterocycles. The molecule has 1 rings (SSSR count). The molecule has 0 spiro atoms. The molecule has 0 heterocycles. The first-order chi connectivity index (χ1) is 6.96. The van der Waals surface area contributed by atoms with Crippen LogP contribution in [-0.2, 0) is 17.4 Å². The first-order valence-corrected chi connectivity index (χ1v) is 5.04. The molecule has 5 heteroatoms.